The van der Waals surface area contributed by atoms with E-state index in [-0.39, 0.29) is 12.4 Å². The molecule has 1 aromatic heterocycles. The number of aliphatic hydroxyl groups is 1. The minimum Gasteiger partial charge on any atom is -0.388 e. The maximum Gasteiger partial charge on any atom is 0.167 e. The minimum atomic E-state index is -0.380. The Bertz CT molecular complexity index is 507. The van der Waals surface area contributed by atoms with Gasteiger partial charge in [0, 0.05) is 11.5 Å². The number of rotatable bonds is 2. The predicted molar refractivity (Wildman–Crippen MR) is 60.0 cm³/mol. The Morgan fingerprint density at radius 2 is 2.19 bits per heavy atom. The van der Waals surface area contributed by atoms with E-state index in [4.69, 9.17) is 5.11 Å². The van der Waals surface area contributed by atoms with Gasteiger partial charge in [-0.1, -0.05) is 6.07 Å². The van der Waals surface area contributed by atoms with Crippen LogP contribution in [-0.4, -0.2) is 19.9 Å². The molecule has 84 valence electrons. The summed E-state index contributed by atoms with van der Waals surface area (Å²) in [6.45, 7) is -0.227. The molecule has 0 spiro atoms. The van der Waals surface area contributed by atoms with Gasteiger partial charge in [0.05, 0.1) is 5.56 Å². The summed E-state index contributed by atoms with van der Waals surface area (Å²) in [5.41, 5.74) is 0.345. The first-order valence-corrected chi connectivity index (χ1v) is 5.38. The molecule has 0 atom stereocenters. The van der Waals surface area contributed by atoms with E-state index < -0.39 is 0 Å². The van der Waals surface area contributed by atoms with E-state index >= 15 is 0 Å². The van der Waals surface area contributed by atoms with Crippen molar-refractivity contribution in [1.29, 1.82) is 0 Å². The lowest BCUT2D eigenvalue weighted by atomic mass is 10.2. The van der Waals surface area contributed by atoms with Crippen LogP contribution >= 0.6 is 15.9 Å². The van der Waals surface area contributed by atoms with Gasteiger partial charge in [-0.15, -0.1) is 10.2 Å². The van der Waals surface area contributed by atoms with Crippen molar-refractivity contribution in [3.63, 3.8) is 0 Å². The average molecular weight is 286 g/mol. The van der Waals surface area contributed by atoms with Crippen molar-refractivity contribution >= 4 is 15.9 Å². The van der Waals surface area contributed by atoms with Gasteiger partial charge in [-0.2, -0.15) is 0 Å². The minimum absolute atomic E-state index is 0.227. The van der Waals surface area contributed by atoms with Gasteiger partial charge in [0.2, 0.25) is 0 Å². The third kappa shape index (κ3) is 1.74. The number of aromatic nitrogens is 3. The normalized spacial score (nSPS) is 10.8. The lowest BCUT2D eigenvalue weighted by Gasteiger charge is -2.05. The van der Waals surface area contributed by atoms with Crippen LogP contribution in [0.4, 0.5) is 4.39 Å². The molecule has 1 N–H and O–H groups in total. The molecule has 0 unspecified atom stereocenters. The quantitative estimate of drug-likeness (QED) is 0.917. The highest BCUT2D eigenvalue weighted by Gasteiger charge is 2.16. The maximum absolute atomic E-state index is 13.7. The highest BCUT2D eigenvalue weighted by atomic mass is 79.9. The van der Waals surface area contributed by atoms with Crippen LogP contribution in [0, 0.1) is 5.82 Å². The molecular formula is C10H9BrFN3O. The Kier molecular flexibility index (Phi) is 3.02. The number of benzene rings is 1. The van der Waals surface area contributed by atoms with Gasteiger partial charge in [0.1, 0.15) is 12.4 Å². The molecule has 0 amide bonds. The smallest absolute Gasteiger partial charge is 0.167 e. The molecule has 1 heterocycles. The molecule has 0 bridgehead atoms. The van der Waals surface area contributed by atoms with E-state index in [1.807, 2.05) is 0 Å². The fourth-order valence-corrected chi connectivity index (χ4v) is 1.95. The van der Waals surface area contributed by atoms with Crippen LogP contribution in [0.3, 0.4) is 0 Å². The molecule has 0 saturated carbocycles. The van der Waals surface area contributed by atoms with Crippen LogP contribution in [0.5, 0.6) is 0 Å². The topological polar surface area (TPSA) is 50.9 Å². The second kappa shape index (κ2) is 4.31. The molecule has 0 saturated heterocycles. The zero-order valence-corrected chi connectivity index (χ0v) is 10.1. The van der Waals surface area contributed by atoms with Crippen molar-refractivity contribution in [2.24, 2.45) is 7.05 Å². The molecule has 6 heteroatoms. The Labute approximate surface area is 99.9 Å². The fourth-order valence-electron chi connectivity index (χ4n) is 1.43. The van der Waals surface area contributed by atoms with Crippen molar-refractivity contribution in [3.05, 3.63) is 34.3 Å². The summed E-state index contributed by atoms with van der Waals surface area (Å²) < 4.78 is 15.8. The summed E-state index contributed by atoms with van der Waals surface area (Å²) >= 11 is 3.27. The van der Waals surface area contributed by atoms with Gasteiger partial charge in [0.15, 0.2) is 11.6 Å². The number of nitrogens with zero attached hydrogens (tertiary/aromatic N) is 3. The predicted octanol–water partition coefficient (Wildman–Crippen LogP) is 1.88. The molecule has 0 aliphatic rings. The van der Waals surface area contributed by atoms with Crippen LogP contribution in [0.25, 0.3) is 11.4 Å². The first-order valence-electron chi connectivity index (χ1n) is 4.58. The molecule has 1 aromatic carbocycles. The van der Waals surface area contributed by atoms with Crippen LogP contribution in [0.15, 0.2) is 22.7 Å². The molecule has 0 aliphatic carbocycles. The monoisotopic (exact) mass is 285 g/mol. The Hall–Kier alpha value is -1.27. The van der Waals surface area contributed by atoms with E-state index in [1.54, 1.807) is 23.7 Å². The third-order valence-electron chi connectivity index (χ3n) is 2.29. The number of hydrogen-bond acceptors (Lipinski definition) is 3. The van der Waals surface area contributed by atoms with E-state index in [9.17, 15) is 4.39 Å². The number of aliphatic hydroxyl groups excluding tert-OH is 1. The molecule has 16 heavy (non-hydrogen) atoms. The van der Waals surface area contributed by atoms with Crippen molar-refractivity contribution in [2.75, 3.05) is 0 Å². The van der Waals surface area contributed by atoms with Crippen LogP contribution in [0.1, 0.15) is 5.82 Å². The van der Waals surface area contributed by atoms with E-state index in [2.05, 4.69) is 26.1 Å². The van der Waals surface area contributed by atoms with Gasteiger partial charge in [-0.05, 0) is 28.1 Å². The summed E-state index contributed by atoms with van der Waals surface area (Å²) in [7, 11) is 1.68. The van der Waals surface area contributed by atoms with Gasteiger partial charge in [-0.3, -0.25) is 0 Å². The van der Waals surface area contributed by atoms with Gasteiger partial charge >= 0.3 is 0 Å². The largest absolute Gasteiger partial charge is 0.388 e. The maximum atomic E-state index is 13.7. The van der Waals surface area contributed by atoms with Crippen LogP contribution < -0.4 is 0 Å². The zero-order chi connectivity index (χ0) is 11.7. The van der Waals surface area contributed by atoms with Crippen molar-refractivity contribution in [2.45, 2.75) is 6.61 Å². The van der Waals surface area contributed by atoms with Crippen molar-refractivity contribution in [3.8, 4) is 11.4 Å². The van der Waals surface area contributed by atoms with E-state index in [1.165, 1.54) is 6.07 Å². The fraction of sp³-hybridized carbons (Fsp3) is 0.200. The first-order chi connectivity index (χ1) is 7.65. The number of hydrogen-bond donors (Lipinski definition) is 1. The highest BCUT2D eigenvalue weighted by Crippen LogP contribution is 2.29. The summed E-state index contributed by atoms with van der Waals surface area (Å²) in [6, 6.07) is 4.69. The third-order valence-corrected chi connectivity index (χ3v) is 2.95. The van der Waals surface area contributed by atoms with Gasteiger partial charge in [-0.25, -0.2) is 4.39 Å². The average Bonchev–Trinajstić information content (AvgIpc) is 2.60. The zero-order valence-electron chi connectivity index (χ0n) is 8.48. The van der Waals surface area contributed by atoms with E-state index in [0.29, 0.717) is 21.7 Å². The van der Waals surface area contributed by atoms with Gasteiger partial charge in [0.25, 0.3) is 0 Å². The molecule has 2 aromatic rings. The van der Waals surface area contributed by atoms with Crippen molar-refractivity contribution in [1.82, 2.24) is 14.8 Å². The number of halogens is 2. The Morgan fingerprint density at radius 1 is 1.44 bits per heavy atom. The molecule has 0 radical (unpaired) electrons. The van der Waals surface area contributed by atoms with Crippen molar-refractivity contribution < 1.29 is 9.50 Å². The first kappa shape index (κ1) is 11.2. The molecule has 4 nitrogen and oxygen atoms in total. The summed E-state index contributed by atoms with van der Waals surface area (Å²) in [6.07, 6.45) is 0. The second-order valence-corrected chi connectivity index (χ2v) is 4.11. The molecule has 0 aliphatic heterocycles. The standard InChI is InChI=1S/C10H9BrFN3O/c1-15-8(5-16)13-14-10(15)9-6(11)3-2-4-7(9)12/h2-4,16H,5H2,1H3. The highest BCUT2D eigenvalue weighted by molar-refractivity contribution is 9.10. The second-order valence-electron chi connectivity index (χ2n) is 3.25. The lowest BCUT2D eigenvalue weighted by molar-refractivity contribution is 0.267. The molecule has 0 fully saturated rings. The van der Waals surface area contributed by atoms with E-state index in [0.717, 1.165) is 0 Å². The summed E-state index contributed by atoms with van der Waals surface area (Å²) in [5, 5.41) is 16.6. The van der Waals surface area contributed by atoms with Crippen LogP contribution in [0.2, 0.25) is 0 Å². The van der Waals surface area contributed by atoms with Gasteiger partial charge < -0.3 is 9.67 Å². The van der Waals surface area contributed by atoms with Crippen LogP contribution in [-0.2, 0) is 13.7 Å². The molecular weight excluding hydrogens is 277 g/mol. The Morgan fingerprint density at radius 3 is 2.75 bits per heavy atom. The summed E-state index contributed by atoms with van der Waals surface area (Å²) in [5.74, 6) is 0.397. The SMILES string of the molecule is Cn1c(CO)nnc1-c1c(F)cccc1Br. The lowest BCUT2D eigenvalue weighted by Crippen LogP contribution is -2.00. The molecule has 2 rings (SSSR count). The summed E-state index contributed by atoms with van der Waals surface area (Å²) in [4.78, 5) is 0. The Balaban J connectivity index is 2.63.